The third-order valence-electron chi connectivity index (χ3n) is 3.66. The first-order valence-corrected chi connectivity index (χ1v) is 6.78. The molecule has 4 heteroatoms. The molecule has 0 radical (unpaired) electrons. The third kappa shape index (κ3) is 2.07. The molecular weight excluding hydrogens is 240 g/mol. The molecule has 0 atom stereocenters. The van der Waals surface area contributed by atoms with Crippen molar-refractivity contribution in [3.8, 4) is 0 Å². The van der Waals surface area contributed by atoms with Gasteiger partial charge >= 0.3 is 0 Å². The number of hydrogen-bond donors (Lipinski definition) is 0. The Balaban J connectivity index is 2.00. The smallest absolute Gasteiger partial charge is 0.270 e. The van der Waals surface area contributed by atoms with Crippen LogP contribution in [0.3, 0.4) is 0 Å². The quantitative estimate of drug-likeness (QED) is 0.794. The van der Waals surface area contributed by atoms with Crippen LogP contribution in [0.5, 0.6) is 0 Å². The lowest BCUT2D eigenvalue weighted by molar-refractivity contribution is 0.0783. The maximum Gasteiger partial charge on any atom is 0.270 e. The minimum absolute atomic E-state index is 0.119. The lowest BCUT2D eigenvalue weighted by Crippen LogP contribution is -2.29. The van der Waals surface area contributed by atoms with Gasteiger partial charge in [0.15, 0.2) is 5.58 Å². The monoisotopic (exact) mass is 258 g/mol. The molecule has 19 heavy (non-hydrogen) atoms. The van der Waals surface area contributed by atoms with Gasteiger partial charge in [-0.15, -0.1) is 0 Å². The zero-order chi connectivity index (χ0) is 13.2. The maximum atomic E-state index is 12.5. The normalized spacial score (nSPS) is 15.9. The number of rotatable bonds is 3. The number of nitrogens with zero attached hydrogens (tertiary/aromatic N) is 2. The number of carbonyl (C=O) groups is 1. The Kier molecular flexibility index (Phi) is 3.15. The van der Waals surface area contributed by atoms with Gasteiger partial charge in [-0.2, -0.15) is 0 Å². The number of carbonyl (C=O) groups excluding carboxylic acids is 1. The summed E-state index contributed by atoms with van der Waals surface area (Å²) in [4.78, 5) is 14.5. The van der Waals surface area contributed by atoms with Crippen LogP contribution in [0.2, 0.25) is 0 Å². The Bertz CT molecular complexity index is 615. The van der Waals surface area contributed by atoms with E-state index in [2.05, 4.69) is 0 Å². The molecule has 0 bridgehead atoms. The zero-order valence-corrected chi connectivity index (χ0v) is 11.1. The standard InChI is InChI=1S/C15H18N2O2/c1-2-3-9-17-12-6-10-19-14(12)11-13(17)15(18)16-7-4-5-8-16/h2-3,6,10-11H,4-5,7-9H2,1H3/b3-2-. The van der Waals surface area contributed by atoms with Gasteiger partial charge in [0.2, 0.25) is 0 Å². The molecule has 0 aliphatic carbocycles. The van der Waals surface area contributed by atoms with Gasteiger partial charge in [0.1, 0.15) is 5.69 Å². The molecule has 1 amide bonds. The summed E-state index contributed by atoms with van der Waals surface area (Å²) in [5.41, 5.74) is 2.50. The number of likely N-dealkylation sites (tertiary alicyclic amines) is 1. The second-order valence-electron chi connectivity index (χ2n) is 4.88. The fourth-order valence-corrected chi connectivity index (χ4v) is 2.64. The summed E-state index contributed by atoms with van der Waals surface area (Å²) in [6, 6.07) is 3.78. The summed E-state index contributed by atoms with van der Waals surface area (Å²) in [5.74, 6) is 0.119. The van der Waals surface area contributed by atoms with Crippen LogP contribution in [0.4, 0.5) is 0 Å². The number of furan rings is 1. The third-order valence-corrected chi connectivity index (χ3v) is 3.66. The molecular formula is C15H18N2O2. The molecule has 0 saturated carbocycles. The van der Waals surface area contributed by atoms with E-state index in [1.54, 1.807) is 6.26 Å². The summed E-state index contributed by atoms with van der Waals surface area (Å²) in [6.45, 7) is 4.43. The topological polar surface area (TPSA) is 38.4 Å². The predicted molar refractivity (Wildman–Crippen MR) is 74.2 cm³/mol. The van der Waals surface area contributed by atoms with Gasteiger partial charge in [-0.3, -0.25) is 4.79 Å². The minimum atomic E-state index is 0.119. The molecule has 2 aromatic heterocycles. The van der Waals surface area contributed by atoms with Crippen LogP contribution in [-0.2, 0) is 6.54 Å². The van der Waals surface area contributed by atoms with Gasteiger partial charge in [0.05, 0.1) is 11.8 Å². The van der Waals surface area contributed by atoms with Crippen LogP contribution >= 0.6 is 0 Å². The average Bonchev–Trinajstić information content (AvgIpc) is 3.12. The van der Waals surface area contributed by atoms with Gasteiger partial charge in [-0.25, -0.2) is 0 Å². The van der Waals surface area contributed by atoms with Gasteiger partial charge < -0.3 is 13.9 Å². The van der Waals surface area contributed by atoms with Crippen LogP contribution in [0.1, 0.15) is 30.3 Å². The Morgan fingerprint density at radius 2 is 2.21 bits per heavy atom. The highest BCUT2D eigenvalue weighted by Gasteiger charge is 2.24. The van der Waals surface area contributed by atoms with E-state index in [-0.39, 0.29) is 5.91 Å². The molecule has 1 aliphatic rings. The fraction of sp³-hybridized carbons (Fsp3) is 0.400. The molecule has 0 N–H and O–H groups in total. The number of fused-ring (bicyclic) bond motifs is 1. The first kappa shape index (κ1) is 12.1. The second kappa shape index (κ2) is 4.96. The maximum absolute atomic E-state index is 12.5. The van der Waals surface area contributed by atoms with Gasteiger partial charge in [0, 0.05) is 31.8 Å². The van der Waals surface area contributed by atoms with Gasteiger partial charge in [0.25, 0.3) is 5.91 Å². The van der Waals surface area contributed by atoms with E-state index < -0.39 is 0 Å². The van der Waals surface area contributed by atoms with Crippen molar-refractivity contribution in [3.63, 3.8) is 0 Å². The summed E-state index contributed by atoms with van der Waals surface area (Å²) in [6.07, 6.45) is 7.93. The van der Waals surface area contributed by atoms with Crippen molar-refractivity contribution in [2.24, 2.45) is 0 Å². The zero-order valence-electron chi connectivity index (χ0n) is 11.1. The number of hydrogen-bond acceptors (Lipinski definition) is 2. The van der Waals surface area contributed by atoms with Crippen LogP contribution in [0.25, 0.3) is 11.1 Å². The number of amides is 1. The van der Waals surface area contributed by atoms with Crippen molar-refractivity contribution in [1.82, 2.24) is 9.47 Å². The van der Waals surface area contributed by atoms with Crippen LogP contribution in [0.15, 0.2) is 35.0 Å². The molecule has 100 valence electrons. The molecule has 3 heterocycles. The molecule has 0 spiro atoms. The predicted octanol–water partition coefficient (Wildman–Crippen LogP) is 3.05. The summed E-state index contributed by atoms with van der Waals surface area (Å²) in [5, 5.41) is 0. The van der Waals surface area contributed by atoms with Crippen molar-refractivity contribution in [2.45, 2.75) is 26.3 Å². The Morgan fingerprint density at radius 1 is 1.42 bits per heavy atom. The van der Waals surface area contributed by atoms with E-state index in [1.165, 1.54) is 0 Å². The highest BCUT2D eigenvalue weighted by atomic mass is 16.3. The van der Waals surface area contributed by atoms with Crippen LogP contribution < -0.4 is 0 Å². The van der Waals surface area contributed by atoms with Crippen molar-refractivity contribution >= 4 is 17.0 Å². The number of aromatic nitrogens is 1. The van der Waals surface area contributed by atoms with E-state index in [1.807, 2.05) is 40.7 Å². The summed E-state index contributed by atoms with van der Waals surface area (Å²) >= 11 is 0. The average molecular weight is 258 g/mol. The van der Waals surface area contributed by atoms with E-state index in [0.29, 0.717) is 6.54 Å². The molecule has 1 fully saturated rings. The van der Waals surface area contributed by atoms with E-state index in [9.17, 15) is 4.79 Å². The van der Waals surface area contributed by atoms with Gasteiger partial charge in [-0.1, -0.05) is 12.2 Å². The first-order valence-electron chi connectivity index (χ1n) is 6.78. The highest BCUT2D eigenvalue weighted by molar-refractivity contribution is 5.97. The molecule has 0 unspecified atom stereocenters. The van der Waals surface area contributed by atoms with Crippen molar-refractivity contribution in [3.05, 3.63) is 36.2 Å². The van der Waals surface area contributed by atoms with Gasteiger partial charge in [-0.05, 0) is 19.8 Å². The second-order valence-corrected chi connectivity index (χ2v) is 4.88. The highest BCUT2D eigenvalue weighted by Crippen LogP contribution is 2.23. The number of allylic oxidation sites excluding steroid dienone is 2. The lowest BCUT2D eigenvalue weighted by atomic mass is 10.3. The Labute approximate surface area is 112 Å². The summed E-state index contributed by atoms with van der Waals surface area (Å²) < 4.78 is 7.44. The van der Waals surface area contributed by atoms with Crippen molar-refractivity contribution in [1.29, 1.82) is 0 Å². The molecule has 0 aromatic carbocycles. The van der Waals surface area contributed by atoms with E-state index >= 15 is 0 Å². The molecule has 1 aliphatic heterocycles. The lowest BCUT2D eigenvalue weighted by Gasteiger charge is -2.16. The SMILES string of the molecule is C/C=C\Cn1c(C(=O)N2CCCC2)cc2occc21. The van der Waals surface area contributed by atoms with E-state index in [4.69, 9.17) is 4.42 Å². The van der Waals surface area contributed by atoms with Crippen LogP contribution in [-0.4, -0.2) is 28.5 Å². The molecule has 4 nitrogen and oxygen atoms in total. The van der Waals surface area contributed by atoms with Crippen molar-refractivity contribution in [2.75, 3.05) is 13.1 Å². The molecule has 2 aromatic rings. The summed E-state index contributed by atoms with van der Waals surface area (Å²) in [7, 11) is 0. The molecule has 3 rings (SSSR count). The molecule has 1 saturated heterocycles. The Morgan fingerprint density at radius 3 is 2.95 bits per heavy atom. The fourth-order valence-electron chi connectivity index (χ4n) is 2.64. The first-order chi connectivity index (χ1) is 9.31. The minimum Gasteiger partial charge on any atom is -0.463 e. The Hall–Kier alpha value is -1.97. The van der Waals surface area contributed by atoms with E-state index in [0.717, 1.165) is 42.7 Å². The van der Waals surface area contributed by atoms with Crippen LogP contribution in [0, 0.1) is 0 Å². The largest absolute Gasteiger partial charge is 0.463 e. The van der Waals surface area contributed by atoms with Crippen molar-refractivity contribution < 1.29 is 9.21 Å².